The fourth-order valence-electron chi connectivity index (χ4n) is 0.815. The van der Waals surface area contributed by atoms with E-state index in [1.165, 1.54) is 4.46 Å². The Morgan fingerprint density at radius 1 is 1.36 bits per heavy atom. The summed E-state index contributed by atoms with van der Waals surface area (Å²) in [4.78, 5) is 0. The van der Waals surface area contributed by atoms with Crippen LogP contribution >= 0.6 is 23.4 Å². The third-order valence-corrected chi connectivity index (χ3v) is 5.01. The molecule has 1 aromatic carbocycles. The van der Waals surface area contributed by atoms with Crippen LogP contribution in [0.5, 0.6) is 0 Å². The van der Waals surface area contributed by atoms with Crippen LogP contribution in [0.25, 0.3) is 0 Å². The average Bonchev–Trinajstić information content (AvgIpc) is 2.16. The van der Waals surface area contributed by atoms with E-state index in [2.05, 4.69) is 43.5 Å². The summed E-state index contributed by atoms with van der Waals surface area (Å²) in [5.41, 5.74) is 0. The molecule has 0 unspecified atom stereocenters. The molecule has 0 aliphatic heterocycles. The summed E-state index contributed by atoms with van der Waals surface area (Å²) >= 11 is 8.18. The zero-order chi connectivity index (χ0) is 10.4. The number of hydrogen-bond donors (Lipinski definition) is 0. The van der Waals surface area contributed by atoms with Crippen LogP contribution in [0.15, 0.2) is 39.7 Å². The summed E-state index contributed by atoms with van der Waals surface area (Å²) in [6.07, 6.45) is 0. The molecule has 76 valence electrons. The van der Waals surface area contributed by atoms with Gasteiger partial charge >= 0.3 is 102 Å². The Hall–Kier alpha value is 0.119. The molecule has 0 N–H and O–H groups in total. The number of rotatable bonds is 4. The molecule has 0 aliphatic carbocycles. The first-order valence-electron chi connectivity index (χ1n) is 4.42. The van der Waals surface area contributed by atoms with Gasteiger partial charge in [0.1, 0.15) is 0 Å². The van der Waals surface area contributed by atoms with Crippen molar-refractivity contribution in [3.8, 4) is 0 Å². The van der Waals surface area contributed by atoms with Gasteiger partial charge in [0, 0.05) is 0 Å². The van der Waals surface area contributed by atoms with Gasteiger partial charge in [-0.2, -0.15) is 0 Å². The number of benzene rings is 1. The van der Waals surface area contributed by atoms with Crippen molar-refractivity contribution in [3.63, 3.8) is 0 Å². The van der Waals surface area contributed by atoms with Crippen LogP contribution in [0.3, 0.4) is 0 Å². The van der Waals surface area contributed by atoms with Gasteiger partial charge in [-0.25, -0.2) is 0 Å². The molecule has 0 radical (unpaired) electrons. The molecule has 0 nitrogen and oxygen atoms in total. The second kappa shape index (κ2) is 6.58. The Labute approximate surface area is 101 Å². The van der Waals surface area contributed by atoms with Crippen molar-refractivity contribution >= 4 is 42.8 Å². The third kappa shape index (κ3) is 5.11. The molecule has 1 rings (SSSR count). The summed E-state index contributed by atoms with van der Waals surface area (Å²) in [7, 11) is 0. The van der Waals surface area contributed by atoms with Crippen molar-refractivity contribution in [2.24, 2.45) is 0 Å². The normalized spacial score (nSPS) is 12.1. The fraction of sp³-hybridized carbons (Fsp3) is 0.273. The molecule has 0 saturated heterocycles. The van der Waals surface area contributed by atoms with E-state index >= 15 is 0 Å². The first-order chi connectivity index (χ1) is 6.68. The van der Waals surface area contributed by atoms with Gasteiger partial charge in [0.15, 0.2) is 0 Å². The van der Waals surface area contributed by atoms with Crippen molar-refractivity contribution in [1.82, 2.24) is 0 Å². The van der Waals surface area contributed by atoms with E-state index in [-0.39, 0.29) is 15.0 Å². The average molecular weight is 292 g/mol. The van der Waals surface area contributed by atoms with Crippen LogP contribution in [0.1, 0.15) is 13.8 Å². The predicted molar refractivity (Wildman–Crippen MR) is 68.5 cm³/mol. The van der Waals surface area contributed by atoms with Gasteiger partial charge in [0.05, 0.1) is 0 Å². The van der Waals surface area contributed by atoms with E-state index < -0.39 is 0 Å². The molecule has 0 bridgehead atoms. The topological polar surface area (TPSA) is 0 Å². The summed E-state index contributed by atoms with van der Waals surface area (Å²) in [6, 6.07) is 10.4. The molecule has 0 saturated carbocycles. The Morgan fingerprint density at radius 2 is 2.00 bits per heavy atom. The van der Waals surface area contributed by atoms with Gasteiger partial charge in [-0.3, -0.25) is 0 Å². The van der Waals surface area contributed by atoms with Crippen LogP contribution in [-0.2, 0) is 0 Å². The van der Waals surface area contributed by atoms with Crippen molar-refractivity contribution < 1.29 is 0 Å². The Morgan fingerprint density at radius 3 is 2.57 bits per heavy atom. The predicted octanol–water partition coefficient (Wildman–Crippen LogP) is 3.20. The molecule has 1 aromatic rings. The Kier molecular flexibility index (Phi) is 5.73. The molecular formula is C11H13ClSSe. The van der Waals surface area contributed by atoms with Crippen LogP contribution in [0, 0.1) is 0 Å². The van der Waals surface area contributed by atoms with Crippen LogP contribution in [-0.4, -0.2) is 20.2 Å². The minimum atomic E-state index is 0.269. The maximum atomic E-state index is 6.13. The Bertz CT molecular complexity index is 295. The molecule has 0 amide bonds. The zero-order valence-electron chi connectivity index (χ0n) is 8.24. The molecule has 0 atom stereocenters. The van der Waals surface area contributed by atoms with Crippen molar-refractivity contribution in [2.45, 2.75) is 19.1 Å². The second-order valence-electron chi connectivity index (χ2n) is 3.02. The minimum absolute atomic E-state index is 0.269. The molecule has 14 heavy (non-hydrogen) atoms. The van der Waals surface area contributed by atoms with Crippen LogP contribution in [0.2, 0.25) is 0 Å². The van der Waals surface area contributed by atoms with Crippen LogP contribution in [0.4, 0.5) is 0 Å². The zero-order valence-corrected chi connectivity index (χ0v) is 11.5. The van der Waals surface area contributed by atoms with Gasteiger partial charge in [-0.15, -0.1) is 0 Å². The summed E-state index contributed by atoms with van der Waals surface area (Å²) in [5, 5.41) is 2.68. The molecule has 3 heteroatoms. The van der Waals surface area contributed by atoms with Gasteiger partial charge in [0.2, 0.25) is 0 Å². The van der Waals surface area contributed by atoms with E-state index in [1.807, 2.05) is 6.07 Å². The molecule has 0 heterocycles. The number of halogens is 1. The molecule has 0 aliphatic rings. The number of hydrogen-bond acceptors (Lipinski definition) is 1. The van der Waals surface area contributed by atoms with Gasteiger partial charge in [-0.1, -0.05) is 0 Å². The summed E-state index contributed by atoms with van der Waals surface area (Å²) in [6.45, 7) is 4.34. The molecule has 0 aromatic heterocycles. The van der Waals surface area contributed by atoms with E-state index in [4.69, 9.17) is 11.6 Å². The van der Waals surface area contributed by atoms with Gasteiger partial charge < -0.3 is 0 Å². The van der Waals surface area contributed by atoms with Crippen molar-refractivity contribution in [2.75, 3.05) is 0 Å². The van der Waals surface area contributed by atoms with Crippen LogP contribution < -0.4 is 4.46 Å². The first kappa shape index (κ1) is 12.2. The maximum absolute atomic E-state index is 6.13. The standard InChI is InChI=1S/C11H13ClSSe/c1-9(2)13-8-11(12)14-10-6-4-3-5-7-10/h3-9H,1-2H3/b11-8-. The molecular weight excluding hydrogens is 279 g/mol. The van der Waals surface area contributed by atoms with E-state index in [1.54, 1.807) is 11.8 Å². The Balaban J connectivity index is 2.49. The van der Waals surface area contributed by atoms with E-state index in [9.17, 15) is 0 Å². The van der Waals surface area contributed by atoms with Crippen molar-refractivity contribution in [1.29, 1.82) is 0 Å². The van der Waals surface area contributed by atoms with Gasteiger partial charge in [-0.05, 0) is 0 Å². The molecule has 0 fully saturated rings. The summed E-state index contributed by atoms with van der Waals surface area (Å²) < 4.78 is 2.30. The van der Waals surface area contributed by atoms with E-state index in [0.717, 1.165) is 3.93 Å². The quantitative estimate of drug-likeness (QED) is 0.768. The monoisotopic (exact) mass is 292 g/mol. The SMILES string of the molecule is CC(C)S/C=C(/Cl)[Se]c1ccccc1. The fourth-order valence-corrected chi connectivity index (χ4v) is 3.60. The summed E-state index contributed by atoms with van der Waals surface area (Å²) in [5.74, 6) is 0. The number of thioether (sulfide) groups is 1. The van der Waals surface area contributed by atoms with E-state index in [0.29, 0.717) is 5.25 Å². The third-order valence-electron chi connectivity index (χ3n) is 1.39. The van der Waals surface area contributed by atoms with Gasteiger partial charge in [0.25, 0.3) is 0 Å². The second-order valence-corrected chi connectivity index (χ2v) is 7.73. The first-order valence-corrected chi connectivity index (χ1v) is 7.46. The van der Waals surface area contributed by atoms with Crippen molar-refractivity contribution in [3.05, 3.63) is 39.7 Å². The molecule has 0 spiro atoms.